The van der Waals surface area contributed by atoms with Crippen LogP contribution in [0.1, 0.15) is 74.0 Å². The molecule has 7 nitrogen and oxygen atoms in total. The highest BCUT2D eigenvalue weighted by atomic mass is 16.5. The first-order valence-electron chi connectivity index (χ1n) is 11.3. The molecular formula is C24H32N4O3. The Morgan fingerprint density at radius 1 is 1.16 bits per heavy atom. The lowest BCUT2D eigenvalue weighted by molar-refractivity contribution is -0.145. The van der Waals surface area contributed by atoms with E-state index in [1.54, 1.807) is 26.2 Å². The summed E-state index contributed by atoms with van der Waals surface area (Å²) < 4.78 is 5.19. The molecule has 0 aromatic carbocycles. The van der Waals surface area contributed by atoms with Gasteiger partial charge in [-0.15, -0.1) is 0 Å². The smallest absolute Gasteiger partial charge is 0.313 e. The van der Waals surface area contributed by atoms with Crippen molar-refractivity contribution < 1.29 is 14.3 Å². The number of rotatable bonds is 11. The Balaban J connectivity index is 1.43. The number of hydrogen-bond acceptors (Lipinski definition) is 7. The zero-order valence-electron chi connectivity index (χ0n) is 18.5. The van der Waals surface area contributed by atoms with Crippen molar-refractivity contribution in [1.82, 2.24) is 15.0 Å². The number of pyridine rings is 1. The number of aryl methyl sites for hydroxylation is 3. The lowest BCUT2D eigenvalue weighted by Gasteiger charge is -2.17. The minimum Gasteiger partial charge on any atom is -0.466 e. The third kappa shape index (κ3) is 6.84. The molecular weight excluding hydrogens is 392 g/mol. The standard InChI is InChI=1S/C24H32N4O3/c1-3-31-24(30)22(19-15-26-17(2)27-16-19)13-12-21(29)9-5-4-8-20-11-10-18-7-6-14-25-23(18)28-20/h10-11,15-16,22H,3-9,12-14H2,1-2H3,(H,25,28)/t22-/m1/s1. The summed E-state index contributed by atoms with van der Waals surface area (Å²) in [5.74, 6) is 1.01. The fourth-order valence-corrected chi connectivity index (χ4v) is 3.81. The van der Waals surface area contributed by atoms with Crippen molar-refractivity contribution in [2.75, 3.05) is 18.5 Å². The molecule has 7 heteroatoms. The normalized spacial score (nSPS) is 13.7. The molecule has 2 aromatic heterocycles. The lowest BCUT2D eigenvalue weighted by Crippen LogP contribution is -2.18. The van der Waals surface area contributed by atoms with E-state index >= 15 is 0 Å². The van der Waals surface area contributed by atoms with Gasteiger partial charge in [-0.2, -0.15) is 0 Å². The first-order valence-corrected chi connectivity index (χ1v) is 11.3. The van der Waals surface area contributed by atoms with Gasteiger partial charge in [0.25, 0.3) is 0 Å². The molecule has 0 unspecified atom stereocenters. The molecule has 0 spiro atoms. The zero-order chi connectivity index (χ0) is 22.1. The van der Waals surface area contributed by atoms with Crippen molar-refractivity contribution in [2.45, 2.75) is 71.1 Å². The van der Waals surface area contributed by atoms with Crippen LogP contribution in [0.4, 0.5) is 5.82 Å². The van der Waals surface area contributed by atoms with E-state index in [0.717, 1.165) is 50.2 Å². The van der Waals surface area contributed by atoms with Gasteiger partial charge >= 0.3 is 5.97 Å². The third-order valence-electron chi connectivity index (χ3n) is 5.58. The van der Waals surface area contributed by atoms with Gasteiger partial charge in [-0.05, 0) is 64.0 Å². The van der Waals surface area contributed by atoms with Crippen LogP contribution in [0.2, 0.25) is 0 Å². The Labute approximate surface area is 184 Å². The number of nitrogens with one attached hydrogen (secondary N) is 1. The minimum atomic E-state index is -0.503. The van der Waals surface area contributed by atoms with Gasteiger partial charge in [-0.25, -0.2) is 15.0 Å². The number of ketones is 1. The molecule has 1 N–H and O–H groups in total. The highest BCUT2D eigenvalue weighted by Gasteiger charge is 2.23. The summed E-state index contributed by atoms with van der Waals surface area (Å²) in [7, 11) is 0. The molecule has 2 aromatic rings. The van der Waals surface area contributed by atoms with Crippen LogP contribution in [0.15, 0.2) is 24.5 Å². The summed E-state index contributed by atoms with van der Waals surface area (Å²) in [5, 5.41) is 3.36. The molecule has 0 saturated heterocycles. The Morgan fingerprint density at radius 2 is 1.97 bits per heavy atom. The Hall–Kier alpha value is -2.83. The quantitative estimate of drug-likeness (QED) is 0.431. The summed E-state index contributed by atoms with van der Waals surface area (Å²) in [6.45, 7) is 4.86. The van der Waals surface area contributed by atoms with E-state index in [4.69, 9.17) is 9.72 Å². The Bertz CT molecular complexity index is 883. The fraction of sp³-hybridized carbons (Fsp3) is 0.542. The van der Waals surface area contributed by atoms with Crippen LogP contribution < -0.4 is 5.32 Å². The van der Waals surface area contributed by atoms with Crippen LogP contribution in [-0.4, -0.2) is 39.9 Å². The van der Waals surface area contributed by atoms with Gasteiger partial charge in [0.15, 0.2) is 0 Å². The molecule has 0 bridgehead atoms. The van der Waals surface area contributed by atoms with Gasteiger partial charge in [0.1, 0.15) is 17.4 Å². The second-order valence-electron chi connectivity index (χ2n) is 7.99. The molecule has 1 aliphatic heterocycles. The lowest BCUT2D eigenvalue weighted by atomic mass is 9.94. The number of nitrogens with zero attached hydrogens (tertiary/aromatic N) is 3. The average Bonchev–Trinajstić information content (AvgIpc) is 2.78. The van der Waals surface area contributed by atoms with Crippen LogP contribution in [0.5, 0.6) is 0 Å². The molecule has 31 heavy (non-hydrogen) atoms. The van der Waals surface area contributed by atoms with E-state index in [9.17, 15) is 9.59 Å². The SMILES string of the molecule is CCOC(=O)[C@H](CCC(=O)CCCCc1ccc2c(n1)NCCC2)c1cnc(C)nc1. The van der Waals surface area contributed by atoms with Gasteiger partial charge in [0.05, 0.1) is 12.5 Å². The summed E-state index contributed by atoms with van der Waals surface area (Å²) in [4.78, 5) is 37.8. The summed E-state index contributed by atoms with van der Waals surface area (Å²) in [6, 6.07) is 4.26. The van der Waals surface area contributed by atoms with E-state index < -0.39 is 5.92 Å². The van der Waals surface area contributed by atoms with Gasteiger partial charge in [-0.3, -0.25) is 9.59 Å². The largest absolute Gasteiger partial charge is 0.466 e. The van der Waals surface area contributed by atoms with E-state index in [-0.39, 0.29) is 11.8 Å². The van der Waals surface area contributed by atoms with E-state index in [1.165, 1.54) is 5.56 Å². The summed E-state index contributed by atoms with van der Waals surface area (Å²) in [5.41, 5.74) is 3.06. The highest BCUT2D eigenvalue weighted by Crippen LogP contribution is 2.23. The maximum Gasteiger partial charge on any atom is 0.313 e. The predicted molar refractivity (Wildman–Crippen MR) is 119 cm³/mol. The van der Waals surface area contributed by atoms with Gasteiger partial charge in [0, 0.05) is 43.0 Å². The van der Waals surface area contributed by atoms with Crippen molar-refractivity contribution in [1.29, 1.82) is 0 Å². The van der Waals surface area contributed by atoms with Gasteiger partial charge < -0.3 is 10.1 Å². The second kappa shape index (κ2) is 11.5. The molecule has 0 amide bonds. The number of carbonyl (C=O) groups is 2. The monoisotopic (exact) mass is 424 g/mol. The minimum absolute atomic E-state index is 0.169. The third-order valence-corrected chi connectivity index (χ3v) is 5.58. The molecule has 0 aliphatic carbocycles. The first kappa shape index (κ1) is 22.8. The average molecular weight is 425 g/mol. The van der Waals surface area contributed by atoms with Crippen molar-refractivity contribution in [3.63, 3.8) is 0 Å². The molecule has 1 aliphatic rings. The van der Waals surface area contributed by atoms with Crippen molar-refractivity contribution in [3.05, 3.63) is 47.2 Å². The second-order valence-corrected chi connectivity index (χ2v) is 7.99. The predicted octanol–water partition coefficient (Wildman–Crippen LogP) is 3.95. The highest BCUT2D eigenvalue weighted by molar-refractivity contribution is 5.81. The number of fused-ring (bicyclic) bond motifs is 1. The number of hydrogen-bond donors (Lipinski definition) is 1. The van der Waals surface area contributed by atoms with E-state index in [2.05, 4.69) is 27.4 Å². The topological polar surface area (TPSA) is 94.1 Å². The van der Waals surface area contributed by atoms with Crippen molar-refractivity contribution >= 4 is 17.6 Å². The molecule has 166 valence electrons. The first-order chi connectivity index (χ1) is 15.1. The van der Waals surface area contributed by atoms with Crippen LogP contribution in [0, 0.1) is 6.92 Å². The Kier molecular flexibility index (Phi) is 8.50. The number of carbonyl (C=O) groups excluding carboxylic acids is 2. The summed E-state index contributed by atoms with van der Waals surface area (Å²) in [6.07, 6.45) is 9.44. The maximum absolute atomic E-state index is 12.4. The maximum atomic E-state index is 12.4. The number of esters is 1. The molecule has 0 saturated carbocycles. The van der Waals surface area contributed by atoms with Crippen molar-refractivity contribution in [3.8, 4) is 0 Å². The molecule has 3 rings (SSSR count). The van der Waals surface area contributed by atoms with Crippen LogP contribution in [-0.2, 0) is 27.2 Å². The van der Waals surface area contributed by atoms with Crippen LogP contribution >= 0.6 is 0 Å². The van der Waals surface area contributed by atoms with Crippen LogP contribution in [0.25, 0.3) is 0 Å². The fourth-order valence-electron chi connectivity index (χ4n) is 3.81. The molecule has 0 fully saturated rings. The molecule has 1 atom stereocenters. The van der Waals surface area contributed by atoms with Gasteiger partial charge in [0.2, 0.25) is 0 Å². The van der Waals surface area contributed by atoms with Crippen molar-refractivity contribution in [2.24, 2.45) is 0 Å². The number of Topliss-reactive ketones (excluding diaryl/α,β-unsaturated/α-hetero) is 1. The number of aromatic nitrogens is 3. The van der Waals surface area contributed by atoms with E-state index in [1.807, 2.05) is 0 Å². The van der Waals surface area contributed by atoms with Crippen LogP contribution in [0.3, 0.4) is 0 Å². The van der Waals surface area contributed by atoms with E-state index in [0.29, 0.717) is 37.3 Å². The number of unbranched alkanes of at least 4 members (excludes halogenated alkanes) is 1. The van der Waals surface area contributed by atoms with Gasteiger partial charge in [-0.1, -0.05) is 6.07 Å². The number of anilines is 1. The molecule has 3 heterocycles. The Morgan fingerprint density at radius 3 is 2.74 bits per heavy atom. The zero-order valence-corrected chi connectivity index (χ0v) is 18.5. The summed E-state index contributed by atoms with van der Waals surface area (Å²) >= 11 is 0. The molecule has 0 radical (unpaired) electrons. The number of ether oxygens (including phenoxy) is 1.